The van der Waals surface area contributed by atoms with Crippen molar-refractivity contribution in [2.24, 2.45) is 10.4 Å². The van der Waals surface area contributed by atoms with Gasteiger partial charge in [-0.3, -0.25) is 4.99 Å². The van der Waals surface area contributed by atoms with E-state index in [-0.39, 0.29) is 71.0 Å². The van der Waals surface area contributed by atoms with Crippen LogP contribution in [0.25, 0.3) is 49.6 Å². The van der Waals surface area contributed by atoms with Crippen LogP contribution in [-0.4, -0.2) is 34.9 Å². The number of likely N-dealkylation sites (N-methyl/N-ethyl adjacent to an activating group) is 1. The second kappa shape index (κ2) is 15.5. The van der Waals surface area contributed by atoms with Gasteiger partial charge in [0, 0.05) is 43.1 Å². The van der Waals surface area contributed by atoms with Gasteiger partial charge in [-0.05, 0) is 85.8 Å². The Morgan fingerprint density at radius 3 is 2.52 bits per heavy atom. The maximum Gasteiger partial charge on any atom is 3.00 e. The number of aromatic nitrogens is 1. The van der Waals surface area contributed by atoms with E-state index < -0.39 is 20.6 Å². The number of nitrogens with zero attached hydrogens (tertiary/aromatic N) is 4. The zero-order chi connectivity index (χ0) is 45.9. The molecule has 0 spiro atoms. The molecule has 0 radical (unpaired) electrons. The summed E-state index contributed by atoms with van der Waals surface area (Å²) >= 11 is 0. The van der Waals surface area contributed by atoms with E-state index in [1.54, 1.807) is 36.4 Å². The fourth-order valence-electron chi connectivity index (χ4n) is 6.92. The van der Waals surface area contributed by atoms with Crippen LogP contribution in [0.2, 0.25) is 0 Å². The van der Waals surface area contributed by atoms with Gasteiger partial charge in [-0.15, -0.1) is 18.2 Å². The molecule has 1 unspecified atom stereocenters. The van der Waals surface area contributed by atoms with Gasteiger partial charge in [-0.2, -0.15) is 42.1 Å². The minimum absolute atomic E-state index is 0. The summed E-state index contributed by atoms with van der Waals surface area (Å²) in [4.78, 5) is 11.6. The molecule has 0 saturated carbocycles. The Labute approximate surface area is 348 Å². The molecular weight excluding hydrogens is 841 g/mol. The molecule has 6 heteroatoms. The second-order valence-electron chi connectivity index (χ2n) is 15.5. The maximum absolute atomic E-state index is 8.99. The summed E-state index contributed by atoms with van der Waals surface area (Å²) in [6.45, 7) is 3.85. The number of aliphatic imine (C=N–C) groups is 1. The number of furan rings is 1. The fraction of sp³-hybridized carbons (Fsp3) is 0.292. The second-order valence-corrected chi connectivity index (χ2v) is 15.5. The van der Waals surface area contributed by atoms with Crippen molar-refractivity contribution in [1.29, 1.82) is 0 Å². The molecule has 0 amide bonds. The SMILES string of the molecule is [2H]C([2H])([2H])C1=C[N-]C(c2[c-]cccc2)C=C1.[2H]c1cc(CC(C)(C)C)cc(C([2H])([2H])[2H])c1-c1cc(-c2[c-]ccc3c2oc2cc(C4=NC(C)(C)CN4C)ccc23)ncc1C([2H])([2H])[2H].[Ir+3]. The van der Waals surface area contributed by atoms with Crippen LogP contribution in [-0.2, 0) is 26.5 Å². The van der Waals surface area contributed by atoms with Crippen LogP contribution < -0.4 is 0 Å². The number of hydrogen-bond donors (Lipinski definition) is 0. The van der Waals surface area contributed by atoms with Crippen molar-refractivity contribution in [2.45, 2.75) is 73.2 Å². The van der Waals surface area contributed by atoms with Crippen molar-refractivity contribution in [3.63, 3.8) is 0 Å². The first-order valence-corrected chi connectivity index (χ1v) is 17.7. The van der Waals surface area contributed by atoms with Crippen molar-refractivity contribution in [3.8, 4) is 22.4 Å². The van der Waals surface area contributed by atoms with E-state index >= 15 is 0 Å². The molecule has 4 heterocycles. The molecule has 2 aliphatic rings. The monoisotopic (exact) mass is 900 g/mol. The summed E-state index contributed by atoms with van der Waals surface area (Å²) in [6, 6.07) is 28.1. The summed E-state index contributed by atoms with van der Waals surface area (Å²) in [5.41, 5.74) is 4.56. The van der Waals surface area contributed by atoms with Crippen LogP contribution in [0.15, 0.2) is 118 Å². The molecule has 8 rings (SSSR count). The third-order valence-electron chi connectivity index (χ3n) is 9.13. The van der Waals surface area contributed by atoms with Gasteiger partial charge in [0.15, 0.2) is 0 Å². The number of fused-ring (bicyclic) bond motifs is 3. The molecule has 0 aliphatic carbocycles. The minimum atomic E-state index is -2.61. The quantitative estimate of drug-likeness (QED) is 0.162. The van der Waals surface area contributed by atoms with Crippen molar-refractivity contribution in [2.75, 3.05) is 13.6 Å². The van der Waals surface area contributed by atoms with Gasteiger partial charge in [0.1, 0.15) is 11.4 Å². The molecule has 2 aliphatic heterocycles. The van der Waals surface area contributed by atoms with Crippen LogP contribution in [0.4, 0.5) is 0 Å². The van der Waals surface area contributed by atoms with Gasteiger partial charge in [0.2, 0.25) is 0 Å². The van der Waals surface area contributed by atoms with Crippen LogP contribution in [0, 0.1) is 31.3 Å². The van der Waals surface area contributed by atoms with Crippen molar-refractivity contribution < 1.29 is 38.2 Å². The van der Waals surface area contributed by atoms with Crippen LogP contribution in [0.1, 0.15) is 89.0 Å². The summed E-state index contributed by atoms with van der Waals surface area (Å²) < 4.78 is 87.1. The zero-order valence-corrected chi connectivity index (χ0v) is 33.7. The topological polar surface area (TPSA) is 55.7 Å². The summed E-state index contributed by atoms with van der Waals surface area (Å²) in [5.74, 6) is 0.889. The Balaban J connectivity index is 0.000000336. The maximum atomic E-state index is 8.99. The Bertz CT molecular complexity index is 2780. The first kappa shape index (κ1) is 27.8. The molecule has 276 valence electrons. The van der Waals surface area contributed by atoms with E-state index in [1.165, 1.54) is 12.4 Å². The number of benzene rings is 4. The minimum Gasteiger partial charge on any atom is -0.683 e. The molecule has 0 saturated heterocycles. The predicted octanol–water partition coefficient (Wildman–Crippen LogP) is 12.2. The van der Waals surface area contributed by atoms with Gasteiger partial charge in [-0.1, -0.05) is 91.9 Å². The van der Waals surface area contributed by atoms with Gasteiger partial charge in [0.25, 0.3) is 0 Å². The predicted molar refractivity (Wildman–Crippen MR) is 221 cm³/mol. The normalized spacial score (nSPS) is 19.7. The summed E-state index contributed by atoms with van der Waals surface area (Å²) in [6.07, 6.45) is 6.65. The number of aryl methyl sites for hydroxylation is 2. The van der Waals surface area contributed by atoms with E-state index in [4.69, 9.17) is 23.1 Å². The van der Waals surface area contributed by atoms with Crippen molar-refractivity contribution >= 4 is 27.8 Å². The third-order valence-corrected chi connectivity index (χ3v) is 9.13. The van der Waals surface area contributed by atoms with Gasteiger partial charge in [-0.25, -0.2) is 0 Å². The fourth-order valence-corrected chi connectivity index (χ4v) is 6.92. The number of amidine groups is 1. The largest absolute Gasteiger partial charge is 3.00 e. The van der Waals surface area contributed by atoms with E-state index in [0.717, 1.165) is 34.3 Å². The van der Waals surface area contributed by atoms with Crippen LogP contribution >= 0.6 is 0 Å². The van der Waals surface area contributed by atoms with Gasteiger partial charge < -0.3 is 19.6 Å². The van der Waals surface area contributed by atoms with E-state index in [0.29, 0.717) is 34.4 Å². The Kier molecular flexibility index (Phi) is 7.98. The molecule has 1 atom stereocenters. The Morgan fingerprint density at radius 2 is 1.83 bits per heavy atom. The number of pyridine rings is 1. The molecule has 2 aromatic heterocycles. The van der Waals surface area contributed by atoms with E-state index in [9.17, 15) is 0 Å². The first-order valence-electron chi connectivity index (χ1n) is 22.7. The first-order chi connectivity index (χ1) is 29.3. The molecule has 4 aromatic carbocycles. The third kappa shape index (κ3) is 8.46. The molecule has 0 bridgehead atoms. The molecule has 5 nitrogen and oxygen atoms in total. The number of hydrogen-bond acceptors (Lipinski definition) is 4. The summed E-state index contributed by atoms with van der Waals surface area (Å²) in [5, 5.41) is 5.94. The van der Waals surface area contributed by atoms with E-state index in [2.05, 4.69) is 41.2 Å². The van der Waals surface area contributed by atoms with Crippen LogP contribution in [0.5, 0.6) is 0 Å². The molecular formula is C48H49IrN4O. The van der Waals surface area contributed by atoms with Gasteiger partial charge in [0.05, 0.1) is 12.5 Å². The van der Waals surface area contributed by atoms with Crippen molar-refractivity contribution in [1.82, 2.24) is 9.88 Å². The Morgan fingerprint density at radius 1 is 0.981 bits per heavy atom. The van der Waals surface area contributed by atoms with Crippen molar-refractivity contribution in [3.05, 3.63) is 154 Å². The smallest absolute Gasteiger partial charge is 0.683 e. The average Bonchev–Trinajstić information content (AvgIpc) is 3.70. The average molecular weight is 900 g/mol. The summed E-state index contributed by atoms with van der Waals surface area (Å²) in [7, 11) is 2.02. The molecule has 0 N–H and O–H groups in total. The van der Waals surface area contributed by atoms with Crippen LogP contribution in [0.3, 0.4) is 0 Å². The number of allylic oxidation sites excluding steroid dienone is 2. The zero-order valence-electron chi connectivity index (χ0n) is 41.3. The molecule has 6 aromatic rings. The molecule has 0 fully saturated rings. The number of rotatable bonds is 5. The van der Waals surface area contributed by atoms with Gasteiger partial charge >= 0.3 is 20.1 Å². The Hall–Kier alpha value is -4.77. The molecule has 54 heavy (non-hydrogen) atoms. The standard InChI is InChI=1S/C36H38N3O.C12H11N.Ir/c1-22-16-24(19-35(3,4)5)12-14-26(22)30-18-31(37-20-23(30)2)29-11-9-10-28-27-15-13-25(17-32(27)40-33(28)29)34-38-36(6,7)21-39(34)8;1-10-7-8-12(13-9-10)11-5-3-2-4-6-11;/h9-10,12-18,20H,19,21H2,1-8H3;2-5,7-9,12H,1H3;/q-1;-2;+3/i1D3,2D3,14D;1D3;. The van der Waals surface area contributed by atoms with E-state index in [1.807, 2.05) is 76.3 Å².